The monoisotopic (exact) mass is 255 g/mol. The Labute approximate surface area is 106 Å². The minimum atomic E-state index is -0.460. The fourth-order valence-electron chi connectivity index (χ4n) is 0.521. The Hall–Kier alpha value is -2.27. The van der Waals surface area contributed by atoms with Gasteiger partial charge in [0.2, 0.25) is 0 Å². The van der Waals surface area contributed by atoms with Crippen LogP contribution in [0.2, 0.25) is 0 Å². The number of methoxy groups -OCH3 is 1. The normalized spacial score (nSPS) is 7.94. The maximum Gasteiger partial charge on any atom is 0.333 e. The van der Waals surface area contributed by atoms with Crippen molar-refractivity contribution < 1.29 is 19.1 Å². The largest absolute Gasteiger partial charge is 0.466 e. The van der Waals surface area contributed by atoms with E-state index in [1.807, 2.05) is 0 Å². The minimum Gasteiger partial charge on any atom is -0.466 e. The second kappa shape index (κ2) is 11.2. The zero-order chi connectivity index (χ0) is 14.6. The van der Waals surface area contributed by atoms with Crippen molar-refractivity contribution >= 4 is 11.9 Å². The van der Waals surface area contributed by atoms with Crippen molar-refractivity contribution in [3.63, 3.8) is 0 Å². The van der Waals surface area contributed by atoms with Crippen LogP contribution in [0.25, 0.3) is 10.4 Å². The van der Waals surface area contributed by atoms with E-state index < -0.39 is 5.97 Å². The number of hydrogen-bond donors (Lipinski definition) is 0. The van der Waals surface area contributed by atoms with Gasteiger partial charge in [0.1, 0.15) is 0 Å². The van der Waals surface area contributed by atoms with Gasteiger partial charge in [0, 0.05) is 16.1 Å². The van der Waals surface area contributed by atoms with Crippen LogP contribution < -0.4 is 0 Å². The molecule has 0 unspecified atom stereocenters. The summed E-state index contributed by atoms with van der Waals surface area (Å²) in [5.41, 5.74) is 8.61. The molecule has 0 aliphatic heterocycles. The molecule has 0 radical (unpaired) electrons. The van der Waals surface area contributed by atoms with E-state index in [1.54, 1.807) is 13.8 Å². The average molecular weight is 255 g/mol. The summed E-state index contributed by atoms with van der Waals surface area (Å²) in [6.07, 6.45) is 0. The second-order valence-electron chi connectivity index (χ2n) is 3.14. The number of carbonyl (C=O) groups is 2. The van der Waals surface area contributed by atoms with Gasteiger partial charge in [0.15, 0.2) is 0 Å². The fraction of sp³-hybridized carbons (Fsp3) is 0.455. The minimum absolute atomic E-state index is 0.107. The Bertz CT molecular complexity index is 370. The first kappa shape index (κ1) is 18.1. The molecule has 0 amide bonds. The SMILES string of the molecule is C=C(C)C(=O)OC.C=C(C)C(=O)OCCN=[N+]=[N-]. The van der Waals surface area contributed by atoms with Gasteiger partial charge in [0.25, 0.3) is 0 Å². The summed E-state index contributed by atoms with van der Waals surface area (Å²) in [6.45, 7) is 10.2. The number of esters is 2. The van der Waals surface area contributed by atoms with Crippen LogP contribution in [-0.2, 0) is 19.1 Å². The Morgan fingerprint density at radius 2 is 1.72 bits per heavy atom. The average Bonchev–Trinajstić information content (AvgIpc) is 2.33. The van der Waals surface area contributed by atoms with Gasteiger partial charge in [-0.2, -0.15) is 0 Å². The molecule has 18 heavy (non-hydrogen) atoms. The summed E-state index contributed by atoms with van der Waals surface area (Å²) >= 11 is 0. The molecule has 0 rings (SSSR count). The van der Waals surface area contributed by atoms with Crippen molar-refractivity contribution in [1.29, 1.82) is 0 Å². The molecule has 0 aromatic heterocycles. The summed E-state index contributed by atoms with van der Waals surface area (Å²) in [7, 11) is 1.33. The molecule has 0 bridgehead atoms. The Morgan fingerprint density at radius 1 is 1.22 bits per heavy atom. The van der Waals surface area contributed by atoms with Gasteiger partial charge in [0.05, 0.1) is 20.3 Å². The van der Waals surface area contributed by atoms with Crippen molar-refractivity contribution in [2.75, 3.05) is 20.3 Å². The van der Waals surface area contributed by atoms with Crippen molar-refractivity contribution in [3.8, 4) is 0 Å². The quantitative estimate of drug-likeness (QED) is 0.187. The van der Waals surface area contributed by atoms with Gasteiger partial charge in [-0.15, -0.1) is 0 Å². The van der Waals surface area contributed by atoms with E-state index in [1.165, 1.54) is 7.11 Å². The molecule has 0 saturated carbocycles. The molecule has 0 aliphatic carbocycles. The number of azide groups is 1. The van der Waals surface area contributed by atoms with E-state index in [0.29, 0.717) is 11.1 Å². The van der Waals surface area contributed by atoms with E-state index in [4.69, 9.17) is 5.53 Å². The van der Waals surface area contributed by atoms with Gasteiger partial charge in [-0.3, -0.25) is 0 Å². The summed E-state index contributed by atoms with van der Waals surface area (Å²) in [6, 6.07) is 0. The highest BCUT2D eigenvalue weighted by Gasteiger charge is 2.00. The lowest BCUT2D eigenvalue weighted by atomic mass is 10.4. The Morgan fingerprint density at radius 3 is 2.00 bits per heavy atom. The summed E-state index contributed by atoms with van der Waals surface area (Å²) < 4.78 is 8.88. The summed E-state index contributed by atoms with van der Waals surface area (Å²) in [5, 5.41) is 3.18. The highest BCUT2D eigenvalue weighted by molar-refractivity contribution is 5.87. The summed E-state index contributed by atoms with van der Waals surface area (Å²) in [4.78, 5) is 23.3. The Balaban J connectivity index is 0. The van der Waals surface area contributed by atoms with E-state index >= 15 is 0 Å². The van der Waals surface area contributed by atoms with Crippen LogP contribution in [0.4, 0.5) is 0 Å². The van der Waals surface area contributed by atoms with Gasteiger partial charge in [-0.25, -0.2) is 9.59 Å². The fourth-order valence-corrected chi connectivity index (χ4v) is 0.521. The van der Waals surface area contributed by atoms with Crippen molar-refractivity contribution in [3.05, 3.63) is 34.7 Å². The number of nitrogens with zero attached hydrogens (tertiary/aromatic N) is 3. The third kappa shape index (κ3) is 11.8. The molecule has 7 heteroatoms. The van der Waals surface area contributed by atoms with Crippen LogP contribution in [0, 0.1) is 0 Å². The predicted molar refractivity (Wildman–Crippen MR) is 66.6 cm³/mol. The highest BCUT2D eigenvalue weighted by Crippen LogP contribution is 1.91. The lowest BCUT2D eigenvalue weighted by Crippen LogP contribution is -2.07. The molecule has 7 nitrogen and oxygen atoms in total. The maximum absolute atomic E-state index is 10.6. The first-order valence-corrected chi connectivity index (χ1v) is 4.94. The number of ether oxygens (including phenoxy) is 2. The molecule has 0 spiro atoms. The van der Waals surface area contributed by atoms with Gasteiger partial charge >= 0.3 is 11.9 Å². The number of carbonyl (C=O) groups excluding carboxylic acids is 2. The Kier molecular flexibility index (Phi) is 11.3. The maximum atomic E-state index is 10.6. The molecule has 0 aliphatic rings. The third-order valence-corrected chi connectivity index (χ3v) is 1.37. The molecule has 0 aromatic rings. The second-order valence-corrected chi connectivity index (χ2v) is 3.14. The smallest absolute Gasteiger partial charge is 0.333 e. The van der Waals surface area contributed by atoms with E-state index in [9.17, 15) is 9.59 Å². The lowest BCUT2D eigenvalue weighted by molar-refractivity contribution is -0.138. The third-order valence-electron chi connectivity index (χ3n) is 1.37. The van der Waals surface area contributed by atoms with Crippen LogP contribution in [0.5, 0.6) is 0 Å². The van der Waals surface area contributed by atoms with Crippen molar-refractivity contribution in [2.45, 2.75) is 13.8 Å². The molecule has 0 heterocycles. The van der Waals surface area contributed by atoms with Gasteiger partial charge in [-0.05, 0) is 19.4 Å². The molecular formula is C11H17N3O4. The molecule has 100 valence electrons. The first-order valence-electron chi connectivity index (χ1n) is 4.94. The number of hydrogen-bond acceptors (Lipinski definition) is 5. The standard InChI is InChI=1S/C6H9N3O2.C5H8O2/c1-5(2)6(10)11-4-3-8-9-7;1-4(2)5(6)7-3/h1,3-4H2,2H3;1H2,2-3H3. The predicted octanol–water partition coefficient (Wildman–Crippen LogP) is 2.15. The molecule has 0 atom stereocenters. The van der Waals surface area contributed by atoms with E-state index in [2.05, 4.69) is 32.7 Å². The molecule has 0 saturated heterocycles. The van der Waals surface area contributed by atoms with Crippen molar-refractivity contribution in [2.24, 2.45) is 5.11 Å². The van der Waals surface area contributed by atoms with E-state index in [0.717, 1.165) is 0 Å². The van der Waals surface area contributed by atoms with Crippen LogP contribution in [0.3, 0.4) is 0 Å². The lowest BCUT2D eigenvalue weighted by Gasteiger charge is -1.99. The van der Waals surface area contributed by atoms with Gasteiger partial charge in [-0.1, -0.05) is 18.3 Å². The van der Waals surface area contributed by atoms with Gasteiger partial charge < -0.3 is 9.47 Å². The van der Waals surface area contributed by atoms with Crippen LogP contribution in [0.1, 0.15) is 13.8 Å². The van der Waals surface area contributed by atoms with E-state index in [-0.39, 0.29) is 19.1 Å². The number of rotatable bonds is 5. The van der Waals surface area contributed by atoms with Crippen molar-refractivity contribution in [1.82, 2.24) is 0 Å². The molecule has 0 fully saturated rings. The molecular weight excluding hydrogens is 238 g/mol. The zero-order valence-corrected chi connectivity index (χ0v) is 10.8. The molecule has 0 aromatic carbocycles. The van der Waals surface area contributed by atoms with Crippen LogP contribution in [0.15, 0.2) is 29.4 Å². The summed E-state index contributed by atoms with van der Waals surface area (Å²) in [5.74, 6) is -0.807. The highest BCUT2D eigenvalue weighted by atomic mass is 16.5. The first-order chi connectivity index (χ1) is 8.36. The zero-order valence-electron chi connectivity index (χ0n) is 10.8. The van der Waals surface area contributed by atoms with Crippen LogP contribution in [-0.4, -0.2) is 32.2 Å². The molecule has 0 N–H and O–H groups in total. The van der Waals surface area contributed by atoms with Crippen LogP contribution >= 0.6 is 0 Å². The topological polar surface area (TPSA) is 101 Å².